The Morgan fingerprint density at radius 2 is 1.81 bits per heavy atom. The minimum Gasteiger partial charge on any atom is -0.449 e. The Balaban J connectivity index is 1.64. The van der Waals surface area contributed by atoms with Crippen LogP contribution in [0.5, 0.6) is 0 Å². The van der Waals surface area contributed by atoms with Gasteiger partial charge in [0.05, 0.1) is 23.2 Å². The van der Waals surface area contributed by atoms with Crippen LogP contribution in [-0.4, -0.2) is 33.1 Å². The van der Waals surface area contributed by atoms with Crippen molar-refractivity contribution in [2.45, 2.75) is 19.6 Å². The molecule has 1 amide bonds. The predicted octanol–water partition coefficient (Wildman–Crippen LogP) is 1.53. The fraction of sp³-hybridized carbons (Fsp3) is 0.167. The molecule has 1 aromatic heterocycles. The fourth-order valence-corrected chi connectivity index (χ4v) is 2.38. The summed E-state index contributed by atoms with van der Waals surface area (Å²) in [6, 6.07) is 11.1. The SMILES string of the molecule is C[C@H](OC(=O)c1ccc(CO)cc1)C(=O)Nc1ccc2[nH]c(=O)[nH]c2c1. The summed E-state index contributed by atoms with van der Waals surface area (Å²) in [4.78, 5) is 40.8. The maximum atomic E-state index is 12.2. The number of fused-ring (bicyclic) bond motifs is 1. The first-order chi connectivity index (χ1) is 12.5. The van der Waals surface area contributed by atoms with E-state index < -0.39 is 18.0 Å². The number of aliphatic hydroxyl groups excluding tert-OH is 1. The maximum absolute atomic E-state index is 12.2. The zero-order chi connectivity index (χ0) is 18.7. The summed E-state index contributed by atoms with van der Waals surface area (Å²) in [6.45, 7) is 1.34. The first-order valence-corrected chi connectivity index (χ1v) is 7.90. The number of hydrogen-bond donors (Lipinski definition) is 4. The summed E-state index contributed by atoms with van der Waals surface area (Å²) in [5, 5.41) is 11.6. The first kappa shape index (κ1) is 17.4. The van der Waals surface area contributed by atoms with Crippen LogP contribution in [-0.2, 0) is 16.1 Å². The molecule has 0 aliphatic carbocycles. The van der Waals surface area contributed by atoms with Crippen molar-refractivity contribution in [1.82, 2.24) is 9.97 Å². The largest absolute Gasteiger partial charge is 0.449 e. The molecule has 8 nitrogen and oxygen atoms in total. The summed E-state index contributed by atoms with van der Waals surface area (Å²) in [5.74, 6) is -1.13. The summed E-state index contributed by atoms with van der Waals surface area (Å²) < 4.78 is 5.16. The van der Waals surface area contributed by atoms with Crippen molar-refractivity contribution in [2.75, 3.05) is 5.32 Å². The zero-order valence-electron chi connectivity index (χ0n) is 13.9. The summed E-state index contributed by atoms with van der Waals surface area (Å²) >= 11 is 0. The van der Waals surface area contributed by atoms with E-state index in [9.17, 15) is 14.4 Å². The quantitative estimate of drug-likeness (QED) is 0.517. The molecule has 0 unspecified atom stereocenters. The van der Waals surface area contributed by atoms with Crippen LogP contribution in [0.1, 0.15) is 22.8 Å². The fourth-order valence-electron chi connectivity index (χ4n) is 2.38. The summed E-state index contributed by atoms with van der Waals surface area (Å²) in [6.07, 6.45) is -1.01. The topological polar surface area (TPSA) is 124 Å². The first-order valence-electron chi connectivity index (χ1n) is 7.90. The van der Waals surface area contributed by atoms with Crippen molar-refractivity contribution in [3.05, 3.63) is 64.1 Å². The lowest BCUT2D eigenvalue weighted by molar-refractivity contribution is -0.123. The van der Waals surface area contributed by atoms with E-state index in [1.165, 1.54) is 19.1 Å². The Morgan fingerprint density at radius 1 is 1.12 bits per heavy atom. The standard InChI is InChI=1S/C18H17N3O5/c1-10(26-17(24)12-4-2-11(9-22)3-5-12)16(23)19-13-6-7-14-15(8-13)21-18(25)20-14/h2-8,10,22H,9H2,1H3,(H,19,23)(H2,20,21,25)/t10-/m0/s1. The summed E-state index contributed by atoms with van der Waals surface area (Å²) in [5.41, 5.74) is 2.27. The van der Waals surface area contributed by atoms with Crippen molar-refractivity contribution in [1.29, 1.82) is 0 Å². The van der Waals surface area contributed by atoms with Crippen LogP contribution in [0.4, 0.5) is 5.69 Å². The molecule has 2 aromatic carbocycles. The van der Waals surface area contributed by atoms with Crippen molar-refractivity contribution in [3.8, 4) is 0 Å². The maximum Gasteiger partial charge on any atom is 0.338 e. The number of carbonyl (C=O) groups excluding carboxylic acids is 2. The number of aromatic nitrogens is 2. The molecule has 3 rings (SSSR count). The Bertz CT molecular complexity index is 1000. The molecule has 4 N–H and O–H groups in total. The average molecular weight is 355 g/mol. The zero-order valence-corrected chi connectivity index (χ0v) is 13.9. The summed E-state index contributed by atoms with van der Waals surface area (Å²) in [7, 11) is 0. The third kappa shape index (κ3) is 3.81. The predicted molar refractivity (Wildman–Crippen MR) is 94.8 cm³/mol. The monoisotopic (exact) mass is 355 g/mol. The molecule has 0 bridgehead atoms. The molecule has 26 heavy (non-hydrogen) atoms. The van der Waals surface area contributed by atoms with E-state index in [4.69, 9.17) is 9.84 Å². The van der Waals surface area contributed by atoms with Crippen LogP contribution in [0.25, 0.3) is 11.0 Å². The van der Waals surface area contributed by atoms with Crippen LogP contribution in [0.15, 0.2) is 47.3 Å². The van der Waals surface area contributed by atoms with Gasteiger partial charge in [-0.25, -0.2) is 9.59 Å². The number of H-pyrrole nitrogens is 2. The van der Waals surface area contributed by atoms with Gasteiger partial charge in [-0.05, 0) is 42.8 Å². The third-order valence-corrected chi connectivity index (χ3v) is 3.81. The number of esters is 1. The van der Waals surface area contributed by atoms with Crippen LogP contribution in [0.3, 0.4) is 0 Å². The van der Waals surface area contributed by atoms with Crippen LogP contribution in [0, 0.1) is 0 Å². The Morgan fingerprint density at radius 3 is 2.50 bits per heavy atom. The highest BCUT2D eigenvalue weighted by Gasteiger charge is 2.19. The van der Waals surface area contributed by atoms with E-state index in [2.05, 4.69) is 15.3 Å². The Hall–Kier alpha value is -3.39. The number of hydrogen-bond acceptors (Lipinski definition) is 5. The lowest BCUT2D eigenvalue weighted by Crippen LogP contribution is -2.30. The van der Waals surface area contributed by atoms with Gasteiger partial charge in [0.2, 0.25) is 0 Å². The molecular weight excluding hydrogens is 338 g/mol. The third-order valence-electron chi connectivity index (χ3n) is 3.81. The number of aromatic amines is 2. The van der Waals surface area contributed by atoms with Gasteiger partial charge in [-0.2, -0.15) is 0 Å². The number of aliphatic hydroxyl groups is 1. The minimum atomic E-state index is -1.01. The highest BCUT2D eigenvalue weighted by molar-refractivity contribution is 5.98. The van der Waals surface area contributed by atoms with Crippen molar-refractivity contribution < 1.29 is 19.4 Å². The van der Waals surface area contributed by atoms with Crippen LogP contribution < -0.4 is 11.0 Å². The molecule has 0 fully saturated rings. The molecule has 3 aromatic rings. The number of amides is 1. The molecule has 0 saturated carbocycles. The Labute approximate surface area is 147 Å². The number of carbonyl (C=O) groups is 2. The Kier molecular flexibility index (Phi) is 4.85. The lowest BCUT2D eigenvalue weighted by Gasteiger charge is -2.13. The van der Waals surface area contributed by atoms with Gasteiger partial charge >= 0.3 is 11.7 Å². The number of benzene rings is 2. The van der Waals surface area contributed by atoms with Crippen molar-refractivity contribution >= 4 is 28.6 Å². The van der Waals surface area contributed by atoms with Crippen LogP contribution in [0.2, 0.25) is 0 Å². The van der Waals surface area contributed by atoms with Gasteiger partial charge in [0, 0.05) is 5.69 Å². The second kappa shape index (κ2) is 7.24. The second-order valence-electron chi connectivity index (χ2n) is 5.73. The highest BCUT2D eigenvalue weighted by atomic mass is 16.5. The van der Waals surface area contributed by atoms with Gasteiger partial charge < -0.3 is 25.1 Å². The van der Waals surface area contributed by atoms with E-state index in [1.54, 1.807) is 30.3 Å². The second-order valence-corrected chi connectivity index (χ2v) is 5.73. The molecule has 1 heterocycles. The van der Waals surface area contributed by atoms with Crippen molar-refractivity contribution in [2.24, 2.45) is 0 Å². The smallest absolute Gasteiger partial charge is 0.338 e. The van der Waals surface area contributed by atoms with Gasteiger partial charge in [0.15, 0.2) is 6.10 Å². The number of anilines is 1. The number of nitrogens with one attached hydrogen (secondary N) is 3. The molecule has 0 radical (unpaired) electrons. The molecule has 0 saturated heterocycles. The average Bonchev–Trinajstić information content (AvgIpc) is 3.00. The lowest BCUT2D eigenvalue weighted by atomic mass is 10.1. The van der Waals surface area contributed by atoms with E-state index in [0.717, 1.165) is 0 Å². The normalized spacial score (nSPS) is 11.9. The van der Waals surface area contributed by atoms with E-state index >= 15 is 0 Å². The van der Waals surface area contributed by atoms with E-state index in [1.807, 2.05) is 0 Å². The van der Waals surface area contributed by atoms with Gasteiger partial charge in [0.1, 0.15) is 0 Å². The van der Waals surface area contributed by atoms with Gasteiger partial charge in [-0.15, -0.1) is 0 Å². The molecule has 1 atom stereocenters. The van der Waals surface area contributed by atoms with Gasteiger partial charge in [-0.1, -0.05) is 12.1 Å². The van der Waals surface area contributed by atoms with Crippen LogP contribution >= 0.6 is 0 Å². The number of imidazole rings is 1. The highest BCUT2D eigenvalue weighted by Crippen LogP contribution is 2.15. The van der Waals surface area contributed by atoms with Gasteiger partial charge in [-0.3, -0.25) is 4.79 Å². The molecule has 0 aliphatic heterocycles. The molecule has 0 spiro atoms. The van der Waals surface area contributed by atoms with Crippen molar-refractivity contribution in [3.63, 3.8) is 0 Å². The minimum absolute atomic E-state index is 0.120. The van der Waals surface area contributed by atoms with E-state index in [-0.39, 0.29) is 17.9 Å². The number of rotatable bonds is 5. The molecular formula is C18H17N3O5. The van der Waals surface area contributed by atoms with Gasteiger partial charge in [0.25, 0.3) is 5.91 Å². The molecule has 8 heteroatoms. The molecule has 0 aliphatic rings. The number of ether oxygens (including phenoxy) is 1. The van der Waals surface area contributed by atoms with E-state index in [0.29, 0.717) is 22.3 Å². The molecule has 134 valence electrons.